The summed E-state index contributed by atoms with van der Waals surface area (Å²) in [5.74, 6) is 0.969. The van der Waals surface area contributed by atoms with Gasteiger partial charge in [0.05, 0.1) is 7.11 Å². The van der Waals surface area contributed by atoms with Crippen molar-refractivity contribution in [3.8, 4) is 5.75 Å². The summed E-state index contributed by atoms with van der Waals surface area (Å²) in [5.41, 5.74) is 1.25. The summed E-state index contributed by atoms with van der Waals surface area (Å²) in [4.78, 5) is 0. The number of methoxy groups -OCH3 is 1. The van der Waals surface area contributed by atoms with E-state index in [9.17, 15) is 0 Å². The molecule has 0 spiro atoms. The van der Waals surface area contributed by atoms with Crippen LogP contribution < -0.4 is 10.1 Å². The summed E-state index contributed by atoms with van der Waals surface area (Å²) in [5, 5.41) is 3.38. The Bertz CT molecular complexity index is 302. The van der Waals surface area contributed by atoms with Crippen molar-refractivity contribution in [2.75, 3.05) is 20.2 Å². The van der Waals surface area contributed by atoms with E-state index < -0.39 is 0 Å². The predicted octanol–water partition coefficient (Wildman–Crippen LogP) is 3.00. The van der Waals surface area contributed by atoms with E-state index in [0.29, 0.717) is 0 Å². The van der Waals surface area contributed by atoms with Crippen LogP contribution in [-0.4, -0.2) is 20.2 Å². The molecule has 0 aliphatic carbocycles. The van der Waals surface area contributed by atoms with Crippen molar-refractivity contribution >= 4 is 15.9 Å². The van der Waals surface area contributed by atoms with E-state index in [4.69, 9.17) is 4.74 Å². The molecular weight excluding hydrogens is 254 g/mol. The summed E-state index contributed by atoms with van der Waals surface area (Å²) >= 11 is 3.47. The fourth-order valence-electron chi connectivity index (χ4n) is 1.47. The average Bonchev–Trinajstić information content (AvgIpc) is 2.25. The highest BCUT2D eigenvalue weighted by Crippen LogP contribution is 2.22. The van der Waals surface area contributed by atoms with Crippen molar-refractivity contribution < 1.29 is 4.74 Å². The topological polar surface area (TPSA) is 21.3 Å². The number of halogens is 1. The maximum Gasteiger partial charge on any atom is 0.122 e. The molecule has 0 radical (unpaired) electrons. The second-order valence-electron chi connectivity index (χ2n) is 3.46. The molecule has 0 aliphatic rings. The molecule has 1 N–H and O–H groups in total. The van der Waals surface area contributed by atoms with Crippen LogP contribution in [0.4, 0.5) is 0 Å². The van der Waals surface area contributed by atoms with Crippen LogP contribution in [0.5, 0.6) is 5.75 Å². The molecule has 0 fully saturated rings. The minimum Gasteiger partial charge on any atom is -0.496 e. The molecule has 15 heavy (non-hydrogen) atoms. The Morgan fingerprint density at radius 1 is 1.33 bits per heavy atom. The smallest absolute Gasteiger partial charge is 0.122 e. The van der Waals surface area contributed by atoms with E-state index >= 15 is 0 Å². The monoisotopic (exact) mass is 271 g/mol. The Morgan fingerprint density at radius 3 is 2.80 bits per heavy atom. The third-order valence-electron chi connectivity index (χ3n) is 2.24. The molecule has 0 saturated heterocycles. The number of benzene rings is 1. The van der Waals surface area contributed by atoms with Crippen LogP contribution in [0.25, 0.3) is 0 Å². The highest BCUT2D eigenvalue weighted by molar-refractivity contribution is 9.10. The molecule has 0 aromatic heterocycles. The third-order valence-corrected chi connectivity index (χ3v) is 2.73. The lowest BCUT2D eigenvalue weighted by Gasteiger charge is -2.09. The maximum absolute atomic E-state index is 5.31. The highest BCUT2D eigenvalue weighted by Gasteiger charge is 2.02. The zero-order valence-electron chi connectivity index (χ0n) is 9.35. The normalized spacial score (nSPS) is 10.3. The average molecular weight is 272 g/mol. The largest absolute Gasteiger partial charge is 0.496 e. The summed E-state index contributed by atoms with van der Waals surface area (Å²) in [6, 6.07) is 6.12. The molecule has 1 aromatic rings. The molecule has 1 aromatic carbocycles. The van der Waals surface area contributed by atoms with E-state index in [1.807, 2.05) is 12.1 Å². The van der Waals surface area contributed by atoms with Crippen molar-refractivity contribution in [2.45, 2.75) is 19.8 Å². The van der Waals surface area contributed by atoms with Crippen molar-refractivity contribution in [2.24, 2.45) is 0 Å². The summed E-state index contributed by atoms with van der Waals surface area (Å²) in [6.45, 7) is 4.25. The molecule has 0 atom stereocenters. The lowest BCUT2D eigenvalue weighted by molar-refractivity contribution is 0.409. The Kier molecular flexibility index (Phi) is 5.73. The Labute approximate surface area is 100 Å². The van der Waals surface area contributed by atoms with Gasteiger partial charge in [-0.05, 0) is 49.7 Å². The molecule has 84 valence electrons. The van der Waals surface area contributed by atoms with Crippen molar-refractivity contribution in [1.29, 1.82) is 0 Å². The number of hydrogen-bond acceptors (Lipinski definition) is 2. The quantitative estimate of drug-likeness (QED) is 0.804. The van der Waals surface area contributed by atoms with Gasteiger partial charge in [-0.2, -0.15) is 0 Å². The van der Waals surface area contributed by atoms with Gasteiger partial charge in [-0.25, -0.2) is 0 Å². The maximum atomic E-state index is 5.31. The fraction of sp³-hybridized carbons (Fsp3) is 0.500. The first kappa shape index (κ1) is 12.5. The molecule has 0 amide bonds. The SMILES string of the molecule is CCCNCCc1cc(Br)ccc1OC. The lowest BCUT2D eigenvalue weighted by atomic mass is 10.1. The van der Waals surface area contributed by atoms with E-state index in [-0.39, 0.29) is 0 Å². The Morgan fingerprint density at radius 2 is 2.13 bits per heavy atom. The second-order valence-corrected chi connectivity index (χ2v) is 4.37. The van der Waals surface area contributed by atoms with Crippen LogP contribution in [0.3, 0.4) is 0 Å². The third kappa shape index (κ3) is 4.22. The van der Waals surface area contributed by atoms with Crippen LogP contribution in [0.1, 0.15) is 18.9 Å². The molecular formula is C12H18BrNO. The molecule has 0 saturated carbocycles. The van der Waals surface area contributed by atoms with Crippen molar-refractivity contribution in [3.63, 3.8) is 0 Å². The molecule has 0 heterocycles. The Balaban J connectivity index is 2.54. The first-order chi connectivity index (χ1) is 7.27. The van der Waals surface area contributed by atoms with E-state index in [1.165, 1.54) is 12.0 Å². The van der Waals surface area contributed by atoms with E-state index in [2.05, 4.69) is 34.2 Å². The number of ether oxygens (including phenoxy) is 1. The van der Waals surface area contributed by atoms with Crippen LogP contribution in [-0.2, 0) is 6.42 Å². The second kappa shape index (κ2) is 6.85. The minimum absolute atomic E-state index is 0.969. The van der Waals surface area contributed by atoms with Crippen molar-refractivity contribution in [1.82, 2.24) is 5.32 Å². The van der Waals surface area contributed by atoms with Crippen LogP contribution in [0, 0.1) is 0 Å². The van der Waals surface area contributed by atoms with E-state index in [0.717, 1.165) is 29.7 Å². The first-order valence-corrected chi connectivity index (χ1v) is 6.10. The van der Waals surface area contributed by atoms with Gasteiger partial charge < -0.3 is 10.1 Å². The molecule has 2 nitrogen and oxygen atoms in total. The number of hydrogen-bond donors (Lipinski definition) is 1. The summed E-state index contributed by atoms with van der Waals surface area (Å²) in [6.07, 6.45) is 2.18. The number of rotatable bonds is 6. The lowest BCUT2D eigenvalue weighted by Crippen LogP contribution is -2.18. The van der Waals surface area contributed by atoms with Crippen molar-refractivity contribution in [3.05, 3.63) is 28.2 Å². The zero-order chi connectivity index (χ0) is 11.1. The summed E-state index contributed by atoms with van der Waals surface area (Å²) < 4.78 is 6.41. The predicted molar refractivity (Wildman–Crippen MR) is 67.6 cm³/mol. The van der Waals surface area contributed by atoms with Gasteiger partial charge in [-0.1, -0.05) is 22.9 Å². The van der Waals surface area contributed by atoms with Crippen LogP contribution in [0.15, 0.2) is 22.7 Å². The van der Waals surface area contributed by atoms with Gasteiger partial charge in [-0.15, -0.1) is 0 Å². The van der Waals surface area contributed by atoms with Gasteiger partial charge in [0, 0.05) is 4.47 Å². The fourth-order valence-corrected chi connectivity index (χ4v) is 1.88. The molecule has 0 unspecified atom stereocenters. The van der Waals surface area contributed by atoms with Gasteiger partial charge in [0.1, 0.15) is 5.75 Å². The van der Waals surface area contributed by atoms with Crippen LogP contribution in [0.2, 0.25) is 0 Å². The van der Waals surface area contributed by atoms with Gasteiger partial charge in [0.2, 0.25) is 0 Å². The zero-order valence-corrected chi connectivity index (χ0v) is 10.9. The first-order valence-electron chi connectivity index (χ1n) is 5.31. The van der Waals surface area contributed by atoms with Crippen LogP contribution >= 0.6 is 15.9 Å². The molecule has 3 heteroatoms. The molecule has 0 aliphatic heterocycles. The van der Waals surface area contributed by atoms with Gasteiger partial charge in [-0.3, -0.25) is 0 Å². The minimum atomic E-state index is 0.969. The standard InChI is InChI=1S/C12H18BrNO/c1-3-7-14-8-6-10-9-11(13)4-5-12(10)15-2/h4-5,9,14H,3,6-8H2,1-2H3. The Hall–Kier alpha value is -0.540. The van der Waals surface area contributed by atoms with Gasteiger partial charge in [0.25, 0.3) is 0 Å². The molecule has 0 bridgehead atoms. The highest BCUT2D eigenvalue weighted by atomic mass is 79.9. The van der Waals surface area contributed by atoms with Gasteiger partial charge in [0.15, 0.2) is 0 Å². The summed E-state index contributed by atoms with van der Waals surface area (Å²) in [7, 11) is 1.71. The number of nitrogens with one attached hydrogen (secondary N) is 1. The molecule has 1 rings (SSSR count). The van der Waals surface area contributed by atoms with Gasteiger partial charge >= 0.3 is 0 Å². The van der Waals surface area contributed by atoms with E-state index in [1.54, 1.807) is 7.11 Å².